The number of aliphatic hydroxyl groups is 2. The first-order valence-corrected chi connectivity index (χ1v) is 17.0. The number of fused-ring (bicyclic) bond motifs is 5. The van der Waals surface area contributed by atoms with Crippen molar-refractivity contribution in [1.82, 2.24) is 20.0 Å². The van der Waals surface area contributed by atoms with Gasteiger partial charge in [-0.3, -0.25) is 19.3 Å². The highest BCUT2D eigenvalue weighted by Gasteiger charge is 2.61. The maximum atomic E-state index is 13.6. The van der Waals surface area contributed by atoms with Crippen molar-refractivity contribution in [2.75, 3.05) is 39.3 Å². The number of rotatable bonds is 5. The minimum Gasteiger partial charge on any atom is -0.393 e. The molecule has 9 heteroatoms. The number of hydrogen-bond acceptors (Lipinski definition) is 6. The van der Waals surface area contributed by atoms with Gasteiger partial charge < -0.3 is 25.3 Å². The molecule has 42 heavy (non-hydrogen) atoms. The molecular formula is C33H54N4O5. The smallest absolute Gasteiger partial charge is 0.245 e. The van der Waals surface area contributed by atoms with E-state index >= 15 is 0 Å². The lowest BCUT2D eigenvalue weighted by Crippen LogP contribution is -2.63. The third-order valence-electron chi connectivity index (χ3n) is 13.3. The van der Waals surface area contributed by atoms with Crippen molar-refractivity contribution < 1.29 is 24.6 Å². The molecule has 9 nitrogen and oxygen atoms in total. The minimum atomic E-state index is -0.437. The Morgan fingerprint density at radius 1 is 0.881 bits per heavy atom. The summed E-state index contributed by atoms with van der Waals surface area (Å²) in [7, 11) is 0. The van der Waals surface area contributed by atoms with Crippen molar-refractivity contribution in [3.8, 4) is 0 Å². The fourth-order valence-corrected chi connectivity index (χ4v) is 10.8. The number of nitrogens with one attached hydrogen (secondary N) is 1. The second-order valence-corrected chi connectivity index (χ2v) is 15.1. The molecule has 236 valence electrons. The number of amides is 3. The fraction of sp³-hybridized carbons (Fsp3) is 0.909. The van der Waals surface area contributed by atoms with Crippen LogP contribution < -0.4 is 5.32 Å². The number of carbonyl (C=O) groups excluding carboxylic acids is 3. The molecule has 3 N–H and O–H groups in total. The number of nitrogens with zero attached hydrogens (tertiary/aromatic N) is 3. The van der Waals surface area contributed by atoms with Crippen LogP contribution in [0.25, 0.3) is 0 Å². The molecule has 2 heterocycles. The number of hydrogen-bond donors (Lipinski definition) is 3. The average Bonchev–Trinajstić information content (AvgIpc) is 3.60. The van der Waals surface area contributed by atoms with Crippen LogP contribution in [0.2, 0.25) is 0 Å². The van der Waals surface area contributed by atoms with Crippen LogP contribution >= 0.6 is 0 Å². The summed E-state index contributed by atoms with van der Waals surface area (Å²) < 4.78 is 0. The van der Waals surface area contributed by atoms with E-state index in [9.17, 15) is 24.6 Å². The zero-order chi connectivity index (χ0) is 29.8. The monoisotopic (exact) mass is 586 g/mol. The standard InChI is InChI=1S/C33H54N4O5/c1-4-29(40)34-20-30(41)37-13-5-6-25(37)31(42)36-16-14-35(15-17-36)26-19-33(3)21(18-27(26)38)7-8-22-23-9-10-28(39)32(23,2)12-11-24(22)33/h21-28,38-39H,4-20H2,1-3H3,(H,34,40)/t21-,22-,23-,24-,25-,26-,27-,28-,32-,33-/m0/s1. The van der Waals surface area contributed by atoms with Gasteiger partial charge in [0.15, 0.2) is 0 Å². The molecule has 6 rings (SSSR count). The van der Waals surface area contributed by atoms with Gasteiger partial charge in [-0.2, -0.15) is 0 Å². The molecule has 2 aliphatic heterocycles. The first-order valence-electron chi connectivity index (χ1n) is 17.0. The Morgan fingerprint density at radius 2 is 1.62 bits per heavy atom. The number of piperazine rings is 1. The van der Waals surface area contributed by atoms with Gasteiger partial charge in [-0.05, 0) is 98.7 Å². The highest BCUT2D eigenvalue weighted by atomic mass is 16.3. The van der Waals surface area contributed by atoms with Crippen LogP contribution in [-0.2, 0) is 14.4 Å². The van der Waals surface area contributed by atoms with E-state index in [1.54, 1.807) is 11.8 Å². The molecule has 2 saturated heterocycles. The van der Waals surface area contributed by atoms with E-state index in [4.69, 9.17) is 0 Å². The van der Waals surface area contributed by atoms with Crippen LogP contribution in [0.1, 0.15) is 91.4 Å². The van der Waals surface area contributed by atoms with Gasteiger partial charge in [-0.1, -0.05) is 20.8 Å². The van der Waals surface area contributed by atoms with Crippen molar-refractivity contribution in [2.45, 2.75) is 116 Å². The second-order valence-electron chi connectivity index (χ2n) is 15.1. The zero-order valence-electron chi connectivity index (χ0n) is 26.1. The van der Waals surface area contributed by atoms with Gasteiger partial charge in [0.25, 0.3) is 0 Å². The third kappa shape index (κ3) is 5.09. The highest BCUT2D eigenvalue weighted by molar-refractivity contribution is 5.90. The van der Waals surface area contributed by atoms with E-state index in [-0.39, 0.29) is 53.3 Å². The van der Waals surface area contributed by atoms with Crippen molar-refractivity contribution in [2.24, 2.45) is 34.5 Å². The van der Waals surface area contributed by atoms with E-state index in [0.717, 1.165) is 45.2 Å². The Morgan fingerprint density at radius 3 is 2.36 bits per heavy atom. The van der Waals surface area contributed by atoms with Crippen LogP contribution in [0.5, 0.6) is 0 Å². The van der Waals surface area contributed by atoms with Crippen LogP contribution in [0.4, 0.5) is 0 Å². The Hall–Kier alpha value is -1.71. The van der Waals surface area contributed by atoms with Crippen LogP contribution in [0.15, 0.2) is 0 Å². The molecule has 4 saturated carbocycles. The van der Waals surface area contributed by atoms with Gasteiger partial charge in [0.2, 0.25) is 17.7 Å². The van der Waals surface area contributed by atoms with E-state index in [2.05, 4.69) is 24.1 Å². The van der Waals surface area contributed by atoms with E-state index in [0.29, 0.717) is 56.1 Å². The molecular weight excluding hydrogens is 532 g/mol. The zero-order valence-corrected chi connectivity index (χ0v) is 26.1. The quantitative estimate of drug-likeness (QED) is 0.456. The van der Waals surface area contributed by atoms with E-state index < -0.39 is 6.04 Å². The maximum Gasteiger partial charge on any atom is 0.245 e. The number of carbonyl (C=O) groups is 3. The first-order chi connectivity index (χ1) is 20.1. The SMILES string of the molecule is CCC(=O)NCC(=O)N1CCC[C@H]1C(=O)N1CCN([C@H]2C[C@@]3(C)[C@@H](CC[C@@H]4[C@@H]3CC[C@]3(C)[C@@H](O)CC[C@@H]43)C[C@@H]2O)CC1. The van der Waals surface area contributed by atoms with Crippen LogP contribution in [-0.4, -0.2) is 106 Å². The molecule has 0 aromatic rings. The molecule has 0 bridgehead atoms. The molecule has 10 atom stereocenters. The van der Waals surface area contributed by atoms with Crippen molar-refractivity contribution >= 4 is 17.7 Å². The second kappa shape index (κ2) is 11.7. The lowest BCUT2D eigenvalue weighted by atomic mass is 9.44. The lowest BCUT2D eigenvalue weighted by molar-refractivity contribution is -0.158. The van der Waals surface area contributed by atoms with Gasteiger partial charge in [0.1, 0.15) is 6.04 Å². The van der Waals surface area contributed by atoms with Gasteiger partial charge >= 0.3 is 0 Å². The molecule has 3 amide bonds. The van der Waals surface area contributed by atoms with Crippen LogP contribution in [0.3, 0.4) is 0 Å². The predicted molar refractivity (Wildman–Crippen MR) is 159 cm³/mol. The lowest BCUT2D eigenvalue weighted by Gasteiger charge is -2.62. The summed E-state index contributed by atoms with van der Waals surface area (Å²) in [6, 6.07) is -0.316. The summed E-state index contributed by atoms with van der Waals surface area (Å²) in [5, 5.41) is 24.9. The third-order valence-corrected chi connectivity index (χ3v) is 13.3. The summed E-state index contributed by atoms with van der Waals surface area (Å²) >= 11 is 0. The first kappa shape index (κ1) is 30.3. The molecule has 0 aromatic heterocycles. The maximum absolute atomic E-state index is 13.6. The van der Waals surface area contributed by atoms with Crippen molar-refractivity contribution in [1.29, 1.82) is 0 Å². The van der Waals surface area contributed by atoms with E-state index in [1.165, 1.54) is 25.7 Å². The Balaban J connectivity index is 1.07. The van der Waals surface area contributed by atoms with Gasteiger partial charge in [0.05, 0.1) is 18.8 Å². The summed E-state index contributed by atoms with van der Waals surface area (Å²) in [6.45, 7) is 9.89. The van der Waals surface area contributed by atoms with Crippen molar-refractivity contribution in [3.63, 3.8) is 0 Å². The van der Waals surface area contributed by atoms with Gasteiger partial charge in [-0.25, -0.2) is 0 Å². The number of aliphatic hydroxyl groups excluding tert-OH is 2. The largest absolute Gasteiger partial charge is 0.393 e. The van der Waals surface area contributed by atoms with Gasteiger partial charge in [-0.15, -0.1) is 0 Å². The normalized spacial score (nSPS) is 43.8. The Kier molecular flexibility index (Phi) is 8.42. The molecule has 0 spiro atoms. The fourth-order valence-electron chi connectivity index (χ4n) is 10.8. The van der Waals surface area contributed by atoms with Crippen molar-refractivity contribution in [3.05, 3.63) is 0 Å². The minimum absolute atomic E-state index is 0.0256. The van der Waals surface area contributed by atoms with Gasteiger partial charge in [0, 0.05) is 45.2 Å². The summed E-state index contributed by atoms with van der Waals surface area (Å²) in [5.41, 5.74) is 0.302. The Bertz CT molecular complexity index is 1050. The summed E-state index contributed by atoms with van der Waals surface area (Å²) in [6.07, 6.45) is 10.1. The molecule has 6 aliphatic rings. The molecule has 0 unspecified atom stereocenters. The molecule has 4 aliphatic carbocycles. The molecule has 0 radical (unpaired) electrons. The average molecular weight is 587 g/mol. The highest BCUT2D eigenvalue weighted by Crippen LogP contribution is 2.66. The molecule has 6 fully saturated rings. The topological polar surface area (TPSA) is 113 Å². The Labute approximate surface area is 251 Å². The molecule has 0 aromatic carbocycles. The van der Waals surface area contributed by atoms with Crippen LogP contribution in [0, 0.1) is 34.5 Å². The van der Waals surface area contributed by atoms with E-state index in [1.807, 2.05) is 4.90 Å². The predicted octanol–water partition coefficient (Wildman–Crippen LogP) is 2.39. The summed E-state index contributed by atoms with van der Waals surface area (Å²) in [4.78, 5) is 44.0. The number of likely N-dealkylation sites (tertiary alicyclic amines) is 1. The summed E-state index contributed by atoms with van der Waals surface area (Å²) in [5.74, 6) is 2.25.